The quantitative estimate of drug-likeness (QED) is 0.580. The lowest BCUT2D eigenvalue weighted by atomic mass is 9.82. The van der Waals surface area contributed by atoms with Gasteiger partial charge in [0.05, 0.1) is 24.4 Å². The van der Waals surface area contributed by atoms with Gasteiger partial charge in [0.15, 0.2) is 0 Å². The molecule has 0 amide bonds. The molecule has 3 unspecified atom stereocenters. The third-order valence-electron chi connectivity index (χ3n) is 3.75. The van der Waals surface area contributed by atoms with Gasteiger partial charge in [-0.1, -0.05) is 41.5 Å². The van der Waals surface area contributed by atoms with Gasteiger partial charge in [-0.25, -0.2) is 0 Å². The molecule has 0 bridgehead atoms. The van der Waals surface area contributed by atoms with Crippen LogP contribution in [0.4, 0.5) is 0 Å². The van der Waals surface area contributed by atoms with Gasteiger partial charge < -0.3 is 20.4 Å². The van der Waals surface area contributed by atoms with Crippen molar-refractivity contribution in [1.29, 1.82) is 0 Å². The van der Waals surface area contributed by atoms with Gasteiger partial charge in [-0.15, -0.1) is 0 Å². The van der Waals surface area contributed by atoms with Crippen LogP contribution < -0.4 is 0 Å². The zero-order valence-corrected chi connectivity index (χ0v) is 14.3. The average molecular weight is 292 g/mol. The second-order valence-corrected chi connectivity index (χ2v) is 6.95. The van der Waals surface area contributed by atoms with Gasteiger partial charge in [-0.2, -0.15) is 0 Å². The second kappa shape index (κ2) is 9.72. The van der Waals surface area contributed by atoms with Crippen LogP contribution in [0, 0.1) is 11.3 Å². The third-order valence-corrected chi connectivity index (χ3v) is 3.75. The number of rotatable bonds is 7. The van der Waals surface area contributed by atoms with Crippen LogP contribution in [-0.2, 0) is 0 Å². The lowest BCUT2D eigenvalue weighted by Gasteiger charge is -2.30. The molecule has 0 aromatic rings. The van der Waals surface area contributed by atoms with Crippen LogP contribution in [0.5, 0.6) is 0 Å². The molecule has 0 heterocycles. The summed E-state index contributed by atoms with van der Waals surface area (Å²) in [5, 5.41) is 37.0. The van der Waals surface area contributed by atoms with E-state index in [2.05, 4.69) is 0 Å². The first-order valence-corrected chi connectivity index (χ1v) is 7.62. The van der Waals surface area contributed by atoms with Crippen LogP contribution in [0.15, 0.2) is 0 Å². The van der Waals surface area contributed by atoms with E-state index in [-0.39, 0.29) is 24.0 Å². The molecule has 4 heteroatoms. The van der Waals surface area contributed by atoms with E-state index in [1.807, 2.05) is 41.5 Å². The fourth-order valence-corrected chi connectivity index (χ4v) is 1.79. The van der Waals surface area contributed by atoms with Crippen molar-refractivity contribution < 1.29 is 20.4 Å². The Hall–Kier alpha value is -0.160. The highest BCUT2D eigenvalue weighted by molar-refractivity contribution is 4.78. The topological polar surface area (TPSA) is 80.9 Å². The highest BCUT2D eigenvalue weighted by Crippen LogP contribution is 2.24. The molecular weight excluding hydrogens is 256 g/mol. The number of hydrogen-bond donors (Lipinski definition) is 4. The van der Waals surface area contributed by atoms with E-state index in [0.717, 1.165) is 6.42 Å². The predicted molar refractivity (Wildman–Crippen MR) is 83.5 cm³/mol. The normalized spacial score (nSPS) is 18.0. The molecule has 0 rings (SSSR count). The zero-order valence-electron chi connectivity index (χ0n) is 14.3. The SMILES string of the molecule is CC(C)C(O)C(C)(C)CO.CCC(O)CC(C)(O)CC. The molecule has 0 saturated carbocycles. The smallest absolute Gasteiger partial charge is 0.0641 e. The maximum atomic E-state index is 9.49. The number of aliphatic hydroxyl groups is 4. The Kier molecular flexibility index (Phi) is 10.8. The van der Waals surface area contributed by atoms with Crippen LogP contribution in [0.25, 0.3) is 0 Å². The van der Waals surface area contributed by atoms with Crippen LogP contribution in [-0.4, -0.2) is 44.8 Å². The molecular formula is C16H36O4. The third kappa shape index (κ3) is 9.70. The zero-order chi connectivity index (χ0) is 16.6. The molecule has 4 nitrogen and oxygen atoms in total. The van der Waals surface area contributed by atoms with Gasteiger partial charge in [0.2, 0.25) is 0 Å². The molecule has 0 aliphatic rings. The summed E-state index contributed by atoms with van der Waals surface area (Å²) in [5.41, 5.74) is -1.05. The molecule has 4 N–H and O–H groups in total. The summed E-state index contributed by atoms with van der Waals surface area (Å²) in [5.74, 6) is 0.210. The van der Waals surface area contributed by atoms with Gasteiger partial charge in [-0.3, -0.25) is 0 Å². The van der Waals surface area contributed by atoms with E-state index in [9.17, 15) is 10.2 Å². The van der Waals surface area contributed by atoms with E-state index in [1.54, 1.807) is 6.92 Å². The summed E-state index contributed by atoms with van der Waals surface area (Å²) >= 11 is 0. The minimum Gasteiger partial charge on any atom is -0.396 e. The summed E-state index contributed by atoms with van der Waals surface area (Å²) in [4.78, 5) is 0. The Bertz CT molecular complexity index is 237. The Morgan fingerprint density at radius 3 is 1.65 bits per heavy atom. The minimum absolute atomic E-state index is 0.0341. The highest BCUT2D eigenvalue weighted by Gasteiger charge is 2.28. The van der Waals surface area contributed by atoms with Crippen LogP contribution >= 0.6 is 0 Å². The van der Waals surface area contributed by atoms with Crippen molar-refractivity contribution in [3.05, 3.63) is 0 Å². The first-order valence-electron chi connectivity index (χ1n) is 7.62. The largest absolute Gasteiger partial charge is 0.396 e. The molecule has 0 fully saturated rings. The molecule has 0 saturated heterocycles. The molecule has 0 spiro atoms. The summed E-state index contributed by atoms with van der Waals surface area (Å²) in [6.45, 7) is 13.2. The summed E-state index contributed by atoms with van der Waals surface area (Å²) in [6, 6.07) is 0. The Morgan fingerprint density at radius 1 is 1.00 bits per heavy atom. The van der Waals surface area contributed by atoms with Crippen molar-refractivity contribution in [3.63, 3.8) is 0 Å². The second-order valence-electron chi connectivity index (χ2n) is 6.95. The van der Waals surface area contributed by atoms with Gasteiger partial charge in [0.1, 0.15) is 0 Å². The minimum atomic E-state index is -0.685. The molecule has 0 radical (unpaired) electrons. The first-order chi connectivity index (χ1) is 8.93. The summed E-state index contributed by atoms with van der Waals surface area (Å²) in [7, 11) is 0. The Morgan fingerprint density at radius 2 is 1.45 bits per heavy atom. The Labute approximate surface area is 124 Å². The lowest BCUT2D eigenvalue weighted by molar-refractivity contribution is -0.0204. The molecule has 0 aromatic carbocycles. The maximum Gasteiger partial charge on any atom is 0.0641 e. The number of hydrogen-bond acceptors (Lipinski definition) is 4. The molecule has 124 valence electrons. The fourth-order valence-electron chi connectivity index (χ4n) is 1.79. The predicted octanol–water partition coefficient (Wildman–Crippen LogP) is 2.33. The van der Waals surface area contributed by atoms with Crippen LogP contribution in [0.3, 0.4) is 0 Å². The van der Waals surface area contributed by atoms with Gasteiger partial charge >= 0.3 is 0 Å². The van der Waals surface area contributed by atoms with Crippen molar-refractivity contribution in [1.82, 2.24) is 0 Å². The van der Waals surface area contributed by atoms with Gasteiger partial charge in [-0.05, 0) is 25.7 Å². The molecule has 3 atom stereocenters. The van der Waals surface area contributed by atoms with Crippen molar-refractivity contribution in [3.8, 4) is 0 Å². The van der Waals surface area contributed by atoms with E-state index in [0.29, 0.717) is 12.8 Å². The monoisotopic (exact) mass is 292 g/mol. The summed E-state index contributed by atoms with van der Waals surface area (Å²) in [6.07, 6.45) is 1.13. The Balaban J connectivity index is 0. The van der Waals surface area contributed by atoms with Gasteiger partial charge in [0.25, 0.3) is 0 Å². The van der Waals surface area contributed by atoms with Crippen molar-refractivity contribution in [2.24, 2.45) is 11.3 Å². The molecule has 0 aliphatic heterocycles. The maximum absolute atomic E-state index is 9.49. The van der Waals surface area contributed by atoms with Gasteiger partial charge in [0, 0.05) is 11.8 Å². The van der Waals surface area contributed by atoms with Crippen molar-refractivity contribution in [2.45, 2.75) is 85.5 Å². The summed E-state index contributed by atoms with van der Waals surface area (Å²) < 4.78 is 0. The average Bonchev–Trinajstić information content (AvgIpc) is 2.37. The fraction of sp³-hybridized carbons (Fsp3) is 1.00. The van der Waals surface area contributed by atoms with E-state index < -0.39 is 11.7 Å². The van der Waals surface area contributed by atoms with Crippen LogP contribution in [0.1, 0.15) is 67.7 Å². The van der Waals surface area contributed by atoms with E-state index in [1.165, 1.54) is 0 Å². The van der Waals surface area contributed by atoms with Crippen molar-refractivity contribution in [2.75, 3.05) is 6.61 Å². The molecule has 0 aromatic heterocycles. The van der Waals surface area contributed by atoms with Crippen molar-refractivity contribution >= 4 is 0 Å². The van der Waals surface area contributed by atoms with E-state index >= 15 is 0 Å². The first kappa shape index (κ1) is 22.1. The molecule has 0 aliphatic carbocycles. The van der Waals surface area contributed by atoms with Crippen LogP contribution in [0.2, 0.25) is 0 Å². The standard InChI is InChI=1S/2C8H18O2/c1-6(2)7(10)8(3,4)5-9;1-4-7(9)6-8(3,10)5-2/h6-7,9-10H,5H2,1-4H3;7,9-10H,4-6H2,1-3H3. The number of aliphatic hydroxyl groups excluding tert-OH is 3. The lowest BCUT2D eigenvalue weighted by Crippen LogP contribution is -2.36. The van der Waals surface area contributed by atoms with E-state index in [4.69, 9.17) is 10.2 Å². The highest BCUT2D eigenvalue weighted by atomic mass is 16.3. The molecule has 20 heavy (non-hydrogen) atoms.